The van der Waals surface area contributed by atoms with Crippen LogP contribution in [0.25, 0.3) is 11.2 Å². The van der Waals surface area contributed by atoms with E-state index in [1.54, 1.807) is 42.9 Å². The fourth-order valence-corrected chi connectivity index (χ4v) is 3.43. The molecule has 0 saturated carbocycles. The highest BCUT2D eigenvalue weighted by Gasteiger charge is 2.19. The summed E-state index contributed by atoms with van der Waals surface area (Å²) in [6.07, 6.45) is 5.24. The molecule has 4 rings (SSSR count). The third kappa shape index (κ3) is 4.12. The first-order valence-electron chi connectivity index (χ1n) is 9.51. The summed E-state index contributed by atoms with van der Waals surface area (Å²) in [4.78, 5) is 32.9. The lowest BCUT2D eigenvalue weighted by atomic mass is 10.1. The Balaban J connectivity index is 1.42. The molecule has 0 bridgehead atoms. The molecule has 1 aliphatic heterocycles. The summed E-state index contributed by atoms with van der Waals surface area (Å²) in [5, 5.41) is 2.87. The molecule has 1 fully saturated rings. The molecule has 1 saturated heterocycles. The maximum Gasteiger partial charge on any atom is 0.337 e. The van der Waals surface area contributed by atoms with Crippen molar-refractivity contribution in [1.29, 1.82) is 0 Å². The van der Waals surface area contributed by atoms with E-state index in [1.807, 2.05) is 0 Å². The number of methoxy groups -OCH3 is 1. The highest BCUT2D eigenvalue weighted by Crippen LogP contribution is 2.24. The van der Waals surface area contributed by atoms with E-state index >= 15 is 0 Å². The molecule has 8 heteroatoms. The smallest absolute Gasteiger partial charge is 0.337 e. The van der Waals surface area contributed by atoms with Crippen LogP contribution in [-0.4, -0.2) is 46.7 Å². The largest absolute Gasteiger partial charge is 0.465 e. The summed E-state index contributed by atoms with van der Waals surface area (Å²) in [5.41, 5.74) is 3.29. The van der Waals surface area contributed by atoms with Gasteiger partial charge in [-0.25, -0.2) is 14.8 Å². The van der Waals surface area contributed by atoms with Crippen LogP contribution in [0, 0.1) is 0 Å². The minimum atomic E-state index is -0.389. The number of carbonyl (C=O) groups excluding carboxylic acids is 2. The number of aromatic nitrogens is 3. The van der Waals surface area contributed by atoms with Gasteiger partial charge in [0.1, 0.15) is 5.52 Å². The molecule has 29 heavy (non-hydrogen) atoms. The Bertz CT molecular complexity index is 1020. The molecule has 1 aliphatic rings. The van der Waals surface area contributed by atoms with Crippen molar-refractivity contribution in [3.63, 3.8) is 0 Å². The maximum absolute atomic E-state index is 12.5. The van der Waals surface area contributed by atoms with E-state index in [9.17, 15) is 9.59 Å². The lowest BCUT2D eigenvalue weighted by Gasteiger charge is -2.23. The molecular formula is C21H22N4O4. The highest BCUT2D eigenvalue weighted by atomic mass is 16.5. The zero-order valence-corrected chi connectivity index (χ0v) is 16.1. The Kier molecular flexibility index (Phi) is 5.53. The van der Waals surface area contributed by atoms with Gasteiger partial charge in [0.15, 0.2) is 5.65 Å². The molecule has 0 radical (unpaired) electrons. The van der Waals surface area contributed by atoms with Gasteiger partial charge in [0.2, 0.25) is 0 Å². The third-order valence-electron chi connectivity index (χ3n) is 5.09. The van der Waals surface area contributed by atoms with Crippen LogP contribution in [0.5, 0.6) is 0 Å². The van der Waals surface area contributed by atoms with Crippen LogP contribution < -0.4 is 5.32 Å². The molecule has 1 aromatic carbocycles. The number of hydrogen-bond acceptors (Lipinski definition) is 6. The van der Waals surface area contributed by atoms with Crippen LogP contribution in [0.4, 0.5) is 0 Å². The van der Waals surface area contributed by atoms with E-state index in [1.165, 1.54) is 7.11 Å². The van der Waals surface area contributed by atoms with Gasteiger partial charge in [-0.05, 0) is 36.6 Å². The number of esters is 1. The molecule has 8 nitrogen and oxygen atoms in total. The molecule has 1 N–H and O–H groups in total. The number of hydrogen-bond donors (Lipinski definition) is 1. The molecule has 0 unspecified atom stereocenters. The first-order chi connectivity index (χ1) is 14.2. The number of fused-ring (bicyclic) bond motifs is 1. The summed E-state index contributed by atoms with van der Waals surface area (Å²) in [7, 11) is 1.34. The van der Waals surface area contributed by atoms with Crippen molar-refractivity contribution in [2.24, 2.45) is 0 Å². The Hall–Kier alpha value is -3.26. The van der Waals surface area contributed by atoms with Gasteiger partial charge >= 0.3 is 5.97 Å². The average Bonchev–Trinajstić information content (AvgIpc) is 3.21. The van der Waals surface area contributed by atoms with E-state index in [0.29, 0.717) is 29.2 Å². The van der Waals surface area contributed by atoms with Gasteiger partial charge in [-0.3, -0.25) is 4.79 Å². The van der Waals surface area contributed by atoms with Crippen LogP contribution in [0.3, 0.4) is 0 Å². The third-order valence-corrected chi connectivity index (χ3v) is 5.09. The van der Waals surface area contributed by atoms with E-state index in [-0.39, 0.29) is 11.9 Å². The average molecular weight is 394 g/mol. The van der Waals surface area contributed by atoms with Crippen molar-refractivity contribution in [2.75, 3.05) is 20.3 Å². The van der Waals surface area contributed by atoms with Gasteiger partial charge < -0.3 is 19.4 Å². The van der Waals surface area contributed by atoms with Gasteiger partial charge in [-0.15, -0.1) is 0 Å². The van der Waals surface area contributed by atoms with Crippen molar-refractivity contribution in [3.8, 4) is 0 Å². The SMILES string of the molecule is COC(=O)c1ccc(CNC(=O)c2cnc3c(c2)ncn3C2CCOCC2)cc1. The Morgan fingerprint density at radius 1 is 1.17 bits per heavy atom. The van der Waals surface area contributed by atoms with Crippen LogP contribution in [-0.2, 0) is 16.0 Å². The molecule has 3 heterocycles. The fourth-order valence-electron chi connectivity index (χ4n) is 3.43. The highest BCUT2D eigenvalue weighted by molar-refractivity contribution is 5.96. The Morgan fingerprint density at radius 2 is 1.93 bits per heavy atom. The minimum absolute atomic E-state index is 0.225. The Morgan fingerprint density at radius 3 is 2.66 bits per heavy atom. The number of pyridine rings is 1. The second-order valence-electron chi connectivity index (χ2n) is 6.93. The summed E-state index contributed by atoms with van der Waals surface area (Å²) in [5.74, 6) is -0.614. The summed E-state index contributed by atoms with van der Waals surface area (Å²) >= 11 is 0. The molecule has 3 aromatic rings. The number of nitrogens with one attached hydrogen (secondary N) is 1. The van der Waals surface area contributed by atoms with E-state index < -0.39 is 0 Å². The second kappa shape index (κ2) is 8.40. The first-order valence-corrected chi connectivity index (χ1v) is 9.51. The number of ether oxygens (including phenoxy) is 2. The van der Waals surface area contributed by atoms with Crippen LogP contribution in [0.1, 0.15) is 45.2 Å². The van der Waals surface area contributed by atoms with Crippen molar-refractivity contribution in [3.05, 3.63) is 59.5 Å². The van der Waals surface area contributed by atoms with Gasteiger partial charge in [-0.1, -0.05) is 12.1 Å². The number of imidazole rings is 1. The monoisotopic (exact) mass is 394 g/mol. The number of rotatable bonds is 5. The van der Waals surface area contributed by atoms with Crippen LogP contribution in [0.2, 0.25) is 0 Å². The predicted molar refractivity (Wildman–Crippen MR) is 106 cm³/mol. The summed E-state index contributed by atoms with van der Waals surface area (Å²) < 4.78 is 12.2. The van der Waals surface area contributed by atoms with Gasteiger partial charge in [0, 0.05) is 32.0 Å². The molecule has 2 aromatic heterocycles. The van der Waals surface area contributed by atoms with Crippen molar-refractivity contribution in [1.82, 2.24) is 19.9 Å². The van der Waals surface area contributed by atoms with Gasteiger partial charge in [0.05, 0.1) is 24.6 Å². The first kappa shape index (κ1) is 19.1. The fraction of sp³-hybridized carbons (Fsp3) is 0.333. The van der Waals surface area contributed by atoms with E-state index in [2.05, 4.69) is 24.6 Å². The maximum atomic E-state index is 12.5. The number of benzene rings is 1. The van der Waals surface area contributed by atoms with Crippen molar-refractivity contribution < 1.29 is 19.1 Å². The quantitative estimate of drug-likeness (QED) is 0.668. The second-order valence-corrected chi connectivity index (χ2v) is 6.93. The predicted octanol–water partition coefficient (Wildman–Crippen LogP) is 2.50. The minimum Gasteiger partial charge on any atom is -0.465 e. The van der Waals surface area contributed by atoms with Crippen molar-refractivity contribution in [2.45, 2.75) is 25.4 Å². The van der Waals surface area contributed by atoms with Crippen LogP contribution >= 0.6 is 0 Å². The lowest BCUT2D eigenvalue weighted by Crippen LogP contribution is -2.23. The molecule has 1 amide bonds. The van der Waals surface area contributed by atoms with Gasteiger partial charge in [-0.2, -0.15) is 0 Å². The summed E-state index contributed by atoms with van der Waals surface area (Å²) in [6, 6.07) is 8.99. The van der Waals surface area contributed by atoms with E-state index in [4.69, 9.17) is 4.74 Å². The Labute approximate surface area is 167 Å². The topological polar surface area (TPSA) is 95.3 Å². The zero-order valence-electron chi connectivity index (χ0n) is 16.1. The molecule has 0 atom stereocenters. The molecule has 150 valence electrons. The number of carbonyl (C=O) groups is 2. The number of amides is 1. The van der Waals surface area contributed by atoms with Crippen molar-refractivity contribution >= 4 is 23.0 Å². The van der Waals surface area contributed by atoms with Gasteiger partial charge in [0.25, 0.3) is 5.91 Å². The standard InChI is InChI=1S/C21H22N4O4/c1-28-21(27)15-4-2-14(3-5-15)11-23-20(26)16-10-18-19(22-12-16)25(13-24-18)17-6-8-29-9-7-17/h2-5,10,12-13,17H,6-9,11H2,1H3,(H,23,26). The number of nitrogens with zero attached hydrogens (tertiary/aromatic N) is 3. The summed E-state index contributed by atoms with van der Waals surface area (Å²) in [6.45, 7) is 1.83. The van der Waals surface area contributed by atoms with E-state index in [0.717, 1.165) is 37.3 Å². The molecule has 0 aliphatic carbocycles. The molecule has 0 spiro atoms. The lowest BCUT2D eigenvalue weighted by molar-refractivity contribution is 0.0600. The zero-order chi connectivity index (χ0) is 20.2. The van der Waals surface area contributed by atoms with Crippen LogP contribution in [0.15, 0.2) is 42.9 Å². The molecular weight excluding hydrogens is 372 g/mol. The normalized spacial score (nSPS) is 14.7.